The van der Waals surface area contributed by atoms with E-state index < -0.39 is 0 Å². The number of aromatic amines is 1. The molecule has 1 N–H and O–H groups in total. The molecule has 1 atom stereocenters. The maximum Gasteiger partial charge on any atom is 0.255 e. The Labute approximate surface area is 166 Å². The van der Waals surface area contributed by atoms with E-state index in [2.05, 4.69) is 15.1 Å². The average molecular weight is 393 g/mol. The van der Waals surface area contributed by atoms with E-state index in [4.69, 9.17) is 16.1 Å². The van der Waals surface area contributed by atoms with Crippen LogP contribution in [0.15, 0.2) is 59.3 Å². The Balaban J connectivity index is 1.46. The fourth-order valence-corrected chi connectivity index (χ4v) is 4.00. The van der Waals surface area contributed by atoms with Crippen LogP contribution >= 0.6 is 11.6 Å². The van der Waals surface area contributed by atoms with E-state index in [1.165, 1.54) is 0 Å². The second-order valence-corrected chi connectivity index (χ2v) is 7.30. The Morgan fingerprint density at radius 2 is 2.11 bits per heavy atom. The SMILES string of the molecule is O=C(c1cccc2[nH]ccc12)N1CCCC1c1nc(-c2cccc(Cl)c2)no1. The van der Waals surface area contributed by atoms with Gasteiger partial charge in [0.15, 0.2) is 0 Å². The van der Waals surface area contributed by atoms with Crippen molar-refractivity contribution in [1.29, 1.82) is 0 Å². The summed E-state index contributed by atoms with van der Waals surface area (Å²) >= 11 is 6.06. The van der Waals surface area contributed by atoms with Crippen molar-refractivity contribution in [2.24, 2.45) is 0 Å². The fourth-order valence-electron chi connectivity index (χ4n) is 3.81. The molecule has 0 radical (unpaired) electrons. The number of aromatic nitrogens is 3. The molecule has 0 spiro atoms. The second kappa shape index (κ2) is 6.80. The summed E-state index contributed by atoms with van der Waals surface area (Å²) in [7, 11) is 0. The molecule has 1 aliphatic heterocycles. The van der Waals surface area contributed by atoms with Crippen LogP contribution < -0.4 is 0 Å². The normalized spacial score (nSPS) is 16.8. The summed E-state index contributed by atoms with van der Waals surface area (Å²) in [6, 6.07) is 14.7. The number of nitrogens with zero attached hydrogens (tertiary/aromatic N) is 3. The van der Waals surface area contributed by atoms with Gasteiger partial charge in [0, 0.05) is 39.8 Å². The molecule has 1 unspecified atom stereocenters. The molecule has 2 aromatic carbocycles. The monoisotopic (exact) mass is 392 g/mol. The molecule has 7 heteroatoms. The van der Waals surface area contributed by atoms with Crippen molar-refractivity contribution in [3.05, 3.63) is 71.2 Å². The maximum atomic E-state index is 13.3. The summed E-state index contributed by atoms with van der Waals surface area (Å²) < 4.78 is 5.53. The number of likely N-dealkylation sites (tertiary alicyclic amines) is 1. The number of carbonyl (C=O) groups is 1. The molecule has 1 amide bonds. The molecule has 2 aromatic heterocycles. The lowest BCUT2D eigenvalue weighted by atomic mass is 10.1. The largest absolute Gasteiger partial charge is 0.361 e. The first-order valence-corrected chi connectivity index (χ1v) is 9.55. The van der Waals surface area contributed by atoms with Crippen LogP contribution in [0.3, 0.4) is 0 Å². The van der Waals surface area contributed by atoms with Crippen molar-refractivity contribution < 1.29 is 9.32 Å². The molecule has 140 valence electrons. The molecule has 1 saturated heterocycles. The number of carbonyl (C=O) groups excluding carboxylic acids is 1. The number of hydrogen-bond acceptors (Lipinski definition) is 4. The van der Waals surface area contributed by atoms with E-state index in [9.17, 15) is 4.79 Å². The third kappa shape index (κ3) is 2.86. The minimum absolute atomic E-state index is 0.0183. The highest BCUT2D eigenvalue weighted by molar-refractivity contribution is 6.30. The zero-order valence-corrected chi connectivity index (χ0v) is 15.7. The molecule has 0 bridgehead atoms. The first-order chi connectivity index (χ1) is 13.7. The molecule has 6 nitrogen and oxygen atoms in total. The fraction of sp³-hybridized carbons (Fsp3) is 0.190. The first-order valence-electron chi connectivity index (χ1n) is 9.17. The smallest absolute Gasteiger partial charge is 0.255 e. The maximum absolute atomic E-state index is 13.3. The van der Waals surface area contributed by atoms with Gasteiger partial charge in [0.1, 0.15) is 6.04 Å². The molecule has 28 heavy (non-hydrogen) atoms. The molecule has 4 aromatic rings. The lowest BCUT2D eigenvalue weighted by molar-refractivity contribution is 0.0712. The molecule has 1 aliphatic rings. The molecular weight excluding hydrogens is 376 g/mol. The lowest BCUT2D eigenvalue weighted by Gasteiger charge is -2.22. The van der Waals surface area contributed by atoms with E-state index in [1.54, 1.807) is 12.1 Å². The van der Waals surface area contributed by atoms with E-state index in [-0.39, 0.29) is 11.9 Å². The van der Waals surface area contributed by atoms with Crippen LogP contribution in [0.4, 0.5) is 0 Å². The van der Waals surface area contributed by atoms with Crippen LogP contribution in [0.1, 0.15) is 35.1 Å². The van der Waals surface area contributed by atoms with Crippen LogP contribution in [-0.4, -0.2) is 32.5 Å². The Bertz CT molecular complexity index is 1170. The summed E-state index contributed by atoms with van der Waals surface area (Å²) in [6.07, 6.45) is 3.54. The molecule has 3 heterocycles. The number of rotatable bonds is 3. The summed E-state index contributed by atoms with van der Waals surface area (Å²) in [4.78, 5) is 22.8. The summed E-state index contributed by atoms with van der Waals surface area (Å²) in [5.74, 6) is 0.918. The van der Waals surface area contributed by atoms with Gasteiger partial charge in [-0.15, -0.1) is 0 Å². The number of nitrogens with one attached hydrogen (secondary N) is 1. The molecular formula is C21H17ClN4O2. The quantitative estimate of drug-likeness (QED) is 0.540. The third-order valence-electron chi connectivity index (χ3n) is 5.15. The van der Waals surface area contributed by atoms with E-state index in [0.29, 0.717) is 28.8 Å². The topological polar surface area (TPSA) is 75.0 Å². The van der Waals surface area contributed by atoms with Crippen LogP contribution in [0, 0.1) is 0 Å². The van der Waals surface area contributed by atoms with Gasteiger partial charge in [-0.05, 0) is 43.2 Å². The zero-order valence-electron chi connectivity index (χ0n) is 14.9. The average Bonchev–Trinajstić information content (AvgIpc) is 3.46. The first kappa shape index (κ1) is 17.0. The number of halogens is 1. The second-order valence-electron chi connectivity index (χ2n) is 6.87. The number of amides is 1. The Hall–Kier alpha value is -3.12. The molecule has 1 fully saturated rings. The van der Waals surface area contributed by atoms with Gasteiger partial charge in [0.2, 0.25) is 11.7 Å². The van der Waals surface area contributed by atoms with Gasteiger partial charge in [0.05, 0.1) is 0 Å². The van der Waals surface area contributed by atoms with Crippen molar-refractivity contribution in [3.8, 4) is 11.4 Å². The predicted octanol–water partition coefficient (Wildman–Crippen LogP) is 4.85. The Kier molecular flexibility index (Phi) is 4.13. The molecule has 0 saturated carbocycles. The van der Waals surface area contributed by atoms with Gasteiger partial charge >= 0.3 is 0 Å². The minimum atomic E-state index is -0.220. The van der Waals surface area contributed by atoms with Crippen molar-refractivity contribution in [2.75, 3.05) is 6.54 Å². The molecule has 5 rings (SSSR count). The Morgan fingerprint density at radius 1 is 1.21 bits per heavy atom. The van der Waals surface area contributed by atoms with Crippen LogP contribution in [-0.2, 0) is 0 Å². The number of benzene rings is 2. The van der Waals surface area contributed by atoms with Crippen LogP contribution in [0.5, 0.6) is 0 Å². The number of hydrogen-bond donors (Lipinski definition) is 1. The van der Waals surface area contributed by atoms with Crippen LogP contribution in [0.2, 0.25) is 5.02 Å². The molecule has 0 aliphatic carbocycles. The van der Waals surface area contributed by atoms with Crippen molar-refractivity contribution in [1.82, 2.24) is 20.0 Å². The number of fused-ring (bicyclic) bond motifs is 1. The van der Waals surface area contributed by atoms with Crippen LogP contribution in [0.25, 0.3) is 22.3 Å². The zero-order chi connectivity index (χ0) is 19.1. The minimum Gasteiger partial charge on any atom is -0.361 e. The van der Waals surface area contributed by atoms with Crippen molar-refractivity contribution in [3.63, 3.8) is 0 Å². The van der Waals surface area contributed by atoms with E-state index in [1.807, 2.05) is 47.5 Å². The van der Waals surface area contributed by atoms with Gasteiger partial charge in [0.25, 0.3) is 5.91 Å². The summed E-state index contributed by atoms with van der Waals surface area (Å²) in [5.41, 5.74) is 2.42. The predicted molar refractivity (Wildman–Crippen MR) is 106 cm³/mol. The summed E-state index contributed by atoms with van der Waals surface area (Å²) in [5, 5.41) is 5.62. The van der Waals surface area contributed by atoms with E-state index in [0.717, 1.165) is 29.3 Å². The number of H-pyrrole nitrogens is 1. The van der Waals surface area contributed by atoms with E-state index >= 15 is 0 Å². The summed E-state index contributed by atoms with van der Waals surface area (Å²) in [6.45, 7) is 0.666. The van der Waals surface area contributed by atoms with Gasteiger partial charge in [-0.1, -0.05) is 35.0 Å². The standard InChI is InChI=1S/C21H17ClN4O2/c22-14-5-1-4-13(12-14)19-24-20(28-25-19)18-8-3-11-26(18)21(27)16-6-2-7-17-15(16)9-10-23-17/h1-2,4-7,9-10,12,18,23H,3,8,11H2. The highest BCUT2D eigenvalue weighted by Crippen LogP contribution is 2.34. The van der Waals surface area contributed by atoms with Gasteiger partial charge in [-0.2, -0.15) is 4.98 Å². The van der Waals surface area contributed by atoms with Crippen molar-refractivity contribution >= 4 is 28.4 Å². The highest BCUT2D eigenvalue weighted by Gasteiger charge is 2.35. The van der Waals surface area contributed by atoms with Gasteiger partial charge in [-0.3, -0.25) is 4.79 Å². The highest BCUT2D eigenvalue weighted by atomic mass is 35.5. The van der Waals surface area contributed by atoms with Gasteiger partial charge in [-0.25, -0.2) is 0 Å². The Morgan fingerprint density at radius 3 is 3.00 bits per heavy atom. The van der Waals surface area contributed by atoms with Gasteiger partial charge < -0.3 is 14.4 Å². The lowest BCUT2D eigenvalue weighted by Crippen LogP contribution is -2.30. The third-order valence-corrected chi connectivity index (χ3v) is 5.38. The van der Waals surface area contributed by atoms with Crippen molar-refractivity contribution in [2.45, 2.75) is 18.9 Å².